The predicted octanol–water partition coefficient (Wildman–Crippen LogP) is 2.23. The molecule has 0 heterocycles. The number of hydrogen-bond acceptors (Lipinski definition) is 3. The van der Waals surface area contributed by atoms with Crippen molar-refractivity contribution in [2.45, 2.75) is 53.0 Å². The van der Waals surface area contributed by atoms with E-state index in [4.69, 9.17) is 0 Å². The molecule has 1 unspecified atom stereocenters. The summed E-state index contributed by atoms with van der Waals surface area (Å²) in [4.78, 5) is 0. The van der Waals surface area contributed by atoms with Crippen LogP contribution in [0.25, 0.3) is 0 Å². The van der Waals surface area contributed by atoms with E-state index >= 15 is 0 Å². The quantitative estimate of drug-likeness (QED) is 0.704. The lowest BCUT2D eigenvalue weighted by Crippen LogP contribution is -2.37. The third-order valence-electron chi connectivity index (χ3n) is 3.03. The Balaban J connectivity index is 3.90. The number of hydrogen-bond donors (Lipinski definition) is 1. The molecule has 0 aromatic heterocycles. The molecule has 4 heteroatoms. The van der Waals surface area contributed by atoms with Gasteiger partial charge in [-0.1, -0.05) is 34.1 Å². The first-order valence-corrected chi connectivity index (χ1v) is 7.92. The second kappa shape index (κ2) is 6.60. The van der Waals surface area contributed by atoms with Gasteiger partial charge in [0.25, 0.3) is 0 Å². The van der Waals surface area contributed by atoms with E-state index in [1.807, 2.05) is 7.05 Å². The highest BCUT2D eigenvalue weighted by molar-refractivity contribution is 7.91. The Bertz CT molecular complexity index is 278. The first-order valence-electron chi connectivity index (χ1n) is 6.10. The van der Waals surface area contributed by atoms with Crippen LogP contribution in [0.5, 0.6) is 0 Å². The number of sulfone groups is 1. The molecule has 0 rings (SSSR count). The molecule has 0 fully saturated rings. The van der Waals surface area contributed by atoms with Gasteiger partial charge in [-0.25, -0.2) is 8.42 Å². The minimum atomic E-state index is -2.78. The van der Waals surface area contributed by atoms with E-state index in [2.05, 4.69) is 26.1 Å². The van der Waals surface area contributed by atoms with Crippen LogP contribution < -0.4 is 5.32 Å². The van der Waals surface area contributed by atoms with Crippen molar-refractivity contribution in [1.29, 1.82) is 0 Å². The Morgan fingerprint density at radius 1 is 1.19 bits per heavy atom. The van der Waals surface area contributed by atoms with Crippen molar-refractivity contribution in [2.24, 2.45) is 5.41 Å². The van der Waals surface area contributed by atoms with Crippen LogP contribution in [0.3, 0.4) is 0 Å². The van der Waals surface area contributed by atoms with E-state index in [1.54, 1.807) is 6.92 Å². The molecule has 0 saturated heterocycles. The van der Waals surface area contributed by atoms with Crippen molar-refractivity contribution in [3.63, 3.8) is 0 Å². The standard InChI is InChI=1S/C12H27NO2S/c1-6-16(14,15)10-8-7-9-11(13-5)12(2,3)4/h11,13H,6-10H2,1-5H3. The molecule has 0 aliphatic heterocycles. The normalized spacial score (nSPS) is 15.1. The first kappa shape index (κ1) is 15.9. The maximum Gasteiger partial charge on any atom is 0.150 e. The van der Waals surface area contributed by atoms with Gasteiger partial charge in [0, 0.05) is 11.8 Å². The average molecular weight is 249 g/mol. The van der Waals surface area contributed by atoms with Crippen molar-refractivity contribution < 1.29 is 8.42 Å². The van der Waals surface area contributed by atoms with E-state index in [0.29, 0.717) is 11.8 Å². The molecular formula is C12H27NO2S. The molecule has 98 valence electrons. The van der Waals surface area contributed by atoms with Crippen molar-refractivity contribution in [1.82, 2.24) is 5.32 Å². The second-order valence-corrected chi connectivity index (χ2v) is 7.91. The second-order valence-electron chi connectivity index (χ2n) is 5.44. The monoisotopic (exact) mass is 249 g/mol. The molecule has 0 aromatic rings. The Morgan fingerprint density at radius 3 is 2.12 bits per heavy atom. The van der Waals surface area contributed by atoms with Crippen LogP contribution in [0.4, 0.5) is 0 Å². The summed E-state index contributed by atoms with van der Waals surface area (Å²) in [6.07, 6.45) is 2.80. The van der Waals surface area contributed by atoms with Crippen LogP contribution in [-0.4, -0.2) is 33.0 Å². The molecular weight excluding hydrogens is 222 g/mol. The minimum absolute atomic E-state index is 0.235. The summed E-state index contributed by atoms with van der Waals surface area (Å²) in [5.41, 5.74) is 0.235. The Kier molecular flexibility index (Phi) is 6.56. The van der Waals surface area contributed by atoms with Gasteiger partial charge >= 0.3 is 0 Å². The van der Waals surface area contributed by atoms with Crippen molar-refractivity contribution >= 4 is 9.84 Å². The van der Waals surface area contributed by atoms with E-state index in [9.17, 15) is 8.42 Å². The van der Waals surface area contributed by atoms with Crippen LogP contribution in [0.1, 0.15) is 47.0 Å². The van der Waals surface area contributed by atoms with Crippen LogP contribution in [0.15, 0.2) is 0 Å². The van der Waals surface area contributed by atoms with E-state index < -0.39 is 9.84 Å². The zero-order valence-corrected chi connectivity index (χ0v) is 12.2. The zero-order valence-electron chi connectivity index (χ0n) is 11.3. The lowest BCUT2D eigenvalue weighted by molar-refractivity contribution is 0.263. The van der Waals surface area contributed by atoms with Gasteiger partial charge in [0.2, 0.25) is 0 Å². The summed E-state index contributed by atoms with van der Waals surface area (Å²) in [6, 6.07) is 0.455. The van der Waals surface area contributed by atoms with Crippen molar-refractivity contribution in [2.75, 3.05) is 18.6 Å². The molecule has 0 aliphatic rings. The lowest BCUT2D eigenvalue weighted by Gasteiger charge is -2.30. The van der Waals surface area contributed by atoms with Gasteiger partial charge in [-0.05, 0) is 25.3 Å². The summed E-state index contributed by atoms with van der Waals surface area (Å²) < 4.78 is 22.6. The molecule has 1 N–H and O–H groups in total. The fourth-order valence-electron chi connectivity index (χ4n) is 1.83. The molecule has 3 nitrogen and oxygen atoms in total. The molecule has 0 aliphatic carbocycles. The Labute approximate surface area is 101 Å². The highest BCUT2D eigenvalue weighted by Gasteiger charge is 2.22. The van der Waals surface area contributed by atoms with Crippen LogP contribution in [0.2, 0.25) is 0 Å². The predicted molar refractivity (Wildman–Crippen MR) is 70.5 cm³/mol. The van der Waals surface area contributed by atoms with Crippen LogP contribution >= 0.6 is 0 Å². The smallest absolute Gasteiger partial charge is 0.150 e. The molecule has 0 amide bonds. The summed E-state index contributed by atoms with van der Waals surface area (Å²) in [5, 5.41) is 3.30. The van der Waals surface area contributed by atoms with Crippen molar-refractivity contribution in [3.8, 4) is 0 Å². The summed E-state index contributed by atoms with van der Waals surface area (Å²) in [5.74, 6) is 0.603. The van der Waals surface area contributed by atoms with Gasteiger partial charge in [0.05, 0.1) is 5.75 Å². The average Bonchev–Trinajstić information content (AvgIpc) is 2.15. The molecule has 0 spiro atoms. The summed E-state index contributed by atoms with van der Waals surface area (Å²) in [6.45, 7) is 8.33. The van der Waals surface area contributed by atoms with Gasteiger partial charge in [-0.15, -0.1) is 0 Å². The van der Waals surface area contributed by atoms with Crippen molar-refractivity contribution in [3.05, 3.63) is 0 Å². The third kappa shape index (κ3) is 6.48. The Hall–Kier alpha value is -0.0900. The lowest BCUT2D eigenvalue weighted by atomic mass is 9.84. The van der Waals surface area contributed by atoms with Gasteiger partial charge in [-0.2, -0.15) is 0 Å². The summed E-state index contributed by atoms with van der Waals surface area (Å²) >= 11 is 0. The first-order chi connectivity index (χ1) is 7.23. The largest absolute Gasteiger partial charge is 0.316 e. The molecule has 0 saturated carbocycles. The van der Waals surface area contributed by atoms with E-state index in [-0.39, 0.29) is 11.2 Å². The van der Waals surface area contributed by atoms with Gasteiger partial charge in [0.1, 0.15) is 9.84 Å². The molecule has 16 heavy (non-hydrogen) atoms. The zero-order chi connectivity index (χ0) is 12.8. The van der Waals surface area contributed by atoms with Crippen LogP contribution in [-0.2, 0) is 9.84 Å². The van der Waals surface area contributed by atoms with Gasteiger partial charge in [0.15, 0.2) is 0 Å². The van der Waals surface area contributed by atoms with Gasteiger partial charge < -0.3 is 5.32 Å². The highest BCUT2D eigenvalue weighted by atomic mass is 32.2. The SMILES string of the molecule is CCS(=O)(=O)CCCCC(NC)C(C)(C)C. The Morgan fingerprint density at radius 2 is 1.75 bits per heavy atom. The number of nitrogens with one attached hydrogen (secondary N) is 1. The topological polar surface area (TPSA) is 46.2 Å². The van der Waals surface area contributed by atoms with Crippen LogP contribution in [0, 0.1) is 5.41 Å². The van der Waals surface area contributed by atoms with Gasteiger partial charge in [-0.3, -0.25) is 0 Å². The maximum atomic E-state index is 11.3. The maximum absolute atomic E-state index is 11.3. The molecule has 1 atom stereocenters. The highest BCUT2D eigenvalue weighted by Crippen LogP contribution is 2.23. The molecule has 0 radical (unpaired) electrons. The number of rotatable bonds is 7. The van der Waals surface area contributed by atoms with E-state index in [1.165, 1.54) is 0 Å². The van der Waals surface area contributed by atoms with E-state index in [0.717, 1.165) is 19.3 Å². The third-order valence-corrected chi connectivity index (χ3v) is 4.82. The summed E-state index contributed by atoms with van der Waals surface area (Å²) in [7, 11) is -0.809. The fraction of sp³-hybridized carbons (Fsp3) is 1.00. The number of unbranched alkanes of at least 4 members (excludes halogenated alkanes) is 1. The molecule has 0 aromatic carbocycles. The minimum Gasteiger partial charge on any atom is -0.316 e. The fourth-order valence-corrected chi connectivity index (χ4v) is 2.76. The molecule has 0 bridgehead atoms.